The first-order valence-corrected chi connectivity index (χ1v) is 3.82. The average Bonchev–Trinajstić information content (AvgIpc) is 2.01. The van der Waals surface area contributed by atoms with Gasteiger partial charge in [0.1, 0.15) is 6.10 Å². The van der Waals surface area contributed by atoms with Crippen molar-refractivity contribution < 1.29 is 22.7 Å². The molecule has 0 bridgehead atoms. The van der Waals surface area contributed by atoms with Crippen molar-refractivity contribution in [3.8, 4) is 0 Å². The zero-order valence-corrected chi connectivity index (χ0v) is 7.23. The van der Waals surface area contributed by atoms with Crippen LogP contribution in [0, 0.1) is 0 Å². The van der Waals surface area contributed by atoms with Gasteiger partial charge < -0.3 is 4.74 Å². The average molecular weight is 196 g/mol. The van der Waals surface area contributed by atoms with E-state index in [1.54, 1.807) is 6.92 Å². The molecule has 2 nitrogen and oxygen atoms in total. The number of halogens is 3. The number of hydrogen-bond acceptors (Lipinski definition) is 2. The van der Waals surface area contributed by atoms with Crippen molar-refractivity contribution in [2.75, 3.05) is 0 Å². The van der Waals surface area contributed by atoms with Gasteiger partial charge in [-0.2, -0.15) is 13.2 Å². The van der Waals surface area contributed by atoms with Gasteiger partial charge in [-0.25, -0.2) is 4.79 Å². The molecule has 13 heavy (non-hydrogen) atoms. The number of hydrogen-bond donors (Lipinski definition) is 0. The van der Waals surface area contributed by atoms with Crippen LogP contribution >= 0.6 is 0 Å². The number of carbonyl (C=O) groups is 1. The molecule has 0 rings (SSSR count). The summed E-state index contributed by atoms with van der Waals surface area (Å²) in [5.41, 5.74) is 0. The number of alkyl halides is 3. The predicted molar refractivity (Wildman–Crippen MR) is 41.0 cm³/mol. The van der Waals surface area contributed by atoms with Crippen molar-refractivity contribution in [3.05, 3.63) is 12.7 Å². The summed E-state index contributed by atoms with van der Waals surface area (Å²) in [6.07, 6.45) is -3.60. The lowest BCUT2D eigenvalue weighted by Crippen LogP contribution is -2.29. The monoisotopic (exact) mass is 196 g/mol. The maximum absolute atomic E-state index is 11.7. The van der Waals surface area contributed by atoms with E-state index >= 15 is 0 Å². The van der Waals surface area contributed by atoms with Gasteiger partial charge in [0.2, 0.25) is 0 Å². The topological polar surface area (TPSA) is 26.3 Å². The minimum absolute atomic E-state index is 0.353. The summed E-state index contributed by atoms with van der Waals surface area (Å²) in [6.45, 7) is 5.05. The molecular formula is C8H11F3O2. The van der Waals surface area contributed by atoms with Crippen LogP contribution in [0.5, 0.6) is 0 Å². The molecule has 1 unspecified atom stereocenters. The van der Waals surface area contributed by atoms with Gasteiger partial charge in [-0.3, -0.25) is 0 Å². The molecule has 0 heterocycles. The van der Waals surface area contributed by atoms with Gasteiger partial charge in [-0.1, -0.05) is 26.0 Å². The van der Waals surface area contributed by atoms with Crippen LogP contribution in [0.4, 0.5) is 13.2 Å². The van der Waals surface area contributed by atoms with Gasteiger partial charge in [0.25, 0.3) is 0 Å². The minimum Gasteiger partial charge on any atom is -0.451 e. The number of carbonyl (C=O) groups excluding carboxylic acids is 1. The SMILES string of the molecule is C=CC(CCC)OC(=O)C(F)(F)F. The Balaban J connectivity index is 4.09. The fourth-order valence-electron chi connectivity index (χ4n) is 0.714. The molecule has 0 aromatic heterocycles. The third-order valence-corrected chi connectivity index (χ3v) is 1.33. The normalized spacial score (nSPS) is 13.5. The first-order valence-electron chi connectivity index (χ1n) is 3.82. The number of ether oxygens (including phenoxy) is 1. The van der Waals surface area contributed by atoms with Gasteiger partial charge in [0.05, 0.1) is 0 Å². The molecule has 0 N–H and O–H groups in total. The lowest BCUT2D eigenvalue weighted by Gasteiger charge is -2.13. The lowest BCUT2D eigenvalue weighted by molar-refractivity contribution is -0.203. The largest absolute Gasteiger partial charge is 0.490 e. The minimum atomic E-state index is -4.92. The van der Waals surface area contributed by atoms with E-state index in [2.05, 4.69) is 11.3 Å². The molecule has 0 saturated heterocycles. The molecule has 0 fully saturated rings. The van der Waals surface area contributed by atoms with Crippen LogP contribution in [0.2, 0.25) is 0 Å². The number of esters is 1. The summed E-state index contributed by atoms with van der Waals surface area (Å²) in [5.74, 6) is -2.16. The zero-order valence-electron chi connectivity index (χ0n) is 7.23. The molecule has 5 heteroatoms. The quantitative estimate of drug-likeness (QED) is 0.510. The standard InChI is InChI=1S/C8H11F3O2/c1-3-5-6(4-2)13-7(12)8(9,10)11/h4,6H,2-3,5H2,1H3. The molecule has 0 radical (unpaired) electrons. The highest BCUT2D eigenvalue weighted by molar-refractivity contribution is 5.75. The van der Waals surface area contributed by atoms with E-state index in [9.17, 15) is 18.0 Å². The Hall–Kier alpha value is -1.00. The molecule has 76 valence electrons. The van der Waals surface area contributed by atoms with Gasteiger partial charge >= 0.3 is 12.1 Å². The molecule has 1 atom stereocenters. The number of rotatable bonds is 4. The predicted octanol–water partition coefficient (Wildman–Crippen LogP) is 2.45. The smallest absolute Gasteiger partial charge is 0.451 e. The summed E-state index contributed by atoms with van der Waals surface area (Å²) in [5, 5.41) is 0. The zero-order chi connectivity index (χ0) is 10.5. The third kappa shape index (κ3) is 4.55. The summed E-state index contributed by atoms with van der Waals surface area (Å²) in [4.78, 5) is 10.3. The van der Waals surface area contributed by atoms with Crippen molar-refractivity contribution in [2.45, 2.75) is 32.0 Å². The van der Waals surface area contributed by atoms with Gasteiger partial charge in [0.15, 0.2) is 0 Å². The van der Waals surface area contributed by atoms with E-state index in [0.717, 1.165) is 0 Å². The Kier molecular flexibility index (Phi) is 4.51. The van der Waals surface area contributed by atoms with Crippen molar-refractivity contribution >= 4 is 5.97 Å². The Labute approximate surface area is 74.4 Å². The highest BCUT2D eigenvalue weighted by atomic mass is 19.4. The van der Waals surface area contributed by atoms with Crippen molar-refractivity contribution in [3.63, 3.8) is 0 Å². The van der Waals surface area contributed by atoms with Crippen LogP contribution in [0.3, 0.4) is 0 Å². The van der Waals surface area contributed by atoms with E-state index in [-0.39, 0.29) is 0 Å². The second kappa shape index (κ2) is 4.89. The maximum atomic E-state index is 11.7. The van der Waals surface area contributed by atoms with E-state index in [1.807, 2.05) is 0 Å². The van der Waals surface area contributed by atoms with E-state index in [4.69, 9.17) is 0 Å². The highest BCUT2D eigenvalue weighted by Crippen LogP contribution is 2.18. The summed E-state index contributed by atoms with van der Waals surface area (Å²) in [6, 6.07) is 0. The lowest BCUT2D eigenvalue weighted by atomic mass is 10.2. The molecule has 0 amide bonds. The molecule has 0 saturated carbocycles. The molecule has 0 aromatic carbocycles. The fourth-order valence-corrected chi connectivity index (χ4v) is 0.714. The summed E-state index contributed by atoms with van der Waals surface area (Å²) >= 11 is 0. The Morgan fingerprint density at radius 3 is 2.46 bits per heavy atom. The van der Waals surface area contributed by atoms with Crippen molar-refractivity contribution in [2.24, 2.45) is 0 Å². The molecule has 0 aliphatic rings. The third-order valence-electron chi connectivity index (χ3n) is 1.33. The second-order valence-corrected chi connectivity index (χ2v) is 2.47. The van der Waals surface area contributed by atoms with Crippen molar-refractivity contribution in [1.82, 2.24) is 0 Å². The Bertz CT molecular complexity index is 186. The molecule has 0 aliphatic heterocycles. The van der Waals surface area contributed by atoms with Gasteiger partial charge in [-0.15, -0.1) is 0 Å². The maximum Gasteiger partial charge on any atom is 0.490 e. The first-order chi connectivity index (χ1) is 5.91. The van der Waals surface area contributed by atoms with Crippen LogP contribution in [-0.2, 0) is 9.53 Å². The van der Waals surface area contributed by atoms with Crippen molar-refractivity contribution in [1.29, 1.82) is 0 Å². The van der Waals surface area contributed by atoms with Crippen LogP contribution in [0.25, 0.3) is 0 Å². The van der Waals surface area contributed by atoms with Crippen LogP contribution in [-0.4, -0.2) is 18.2 Å². The fraction of sp³-hybridized carbons (Fsp3) is 0.625. The Morgan fingerprint density at radius 1 is 1.62 bits per heavy atom. The van der Waals surface area contributed by atoms with Crippen LogP contribution < -0.4 is 0 Å². The van der Waals surface area contributed by atoms with Gasteiger partial charge in [-0.05, 0) is 6.42 Å². The van der Waals surface area contributed by atoms with Crippen LogP contribution in [0.1, 0.15) is 19.8 Å². The summed E-state index contributed by atoms with van der Waals surface area (Å²) < 4.78 is 39.2. The van der Waals surface area contributed by atoms with E-state index in [0.29, 0.717) is 12.8 Å². The first kappa shape index (κ1) is 12.0. The molecule has 0 aliphatic carbocycles. The molecule has 0 aromatic rings. The molecule has 0 spiro atoms. The van der Waals surface area contributed by atoms with E-state index < -0.39 is 18.2 Å². The second-order valence-electron chi connectivity index (χ2n) is 2.47. The van der Waals surface area contributed by atoms with E-state index in [1.165, 1.54) is 6.08 Å². The highest BCUT2D eigenvalue weighted by Gasteiger charge is 2.41. The van der Waals surface area contributed by atoms with Gasteiger partial charge in [0, 0.05) is 0 Å². The Morgan fingerprint density at radius 2 is 2.15 bits per heavy atom. The van der Waals surface area contributed by atoms with Crippen LogP contribution in [0.15, 0.2) is 12.7 Å². The molecular weight excluding hydrogens is 185 g/mol. The summed E-state index contributed by atoms with van der Waals surface area (Å²) in [7, 11) is 0.